The van der Waals surface area contributed by atoms with Gasteiger partial charge in [0, 0.05) is 51.9 Å². The number of alkyl halides is 2. The Morgan fingerprint density at radius 3 is 2.45 bits per heavy atom. The Balaban J connectivity index is 1.66. The molecule has 1 aromatic rings. The fourth-order valence-electron chi connectivity index (χ4n) is 4.18. The number of amides is 1. The highest BCUT2D eigenvalue weighted by Gasteiger charge is 2.53. The van der Waals surface area contributed by atoms with Gasteiger partial charge in [0.25, 0.3) is 5.92 Å². The monoisotopic (exact) mass is 433 g/mol. The van der Waals surface area contributed by atoms with E-state index < -0.39 is 35.0 Å². The zero-order valence-electron chi connectivity index (χ0n) is 17.5. The van der Waals surface area contributed by atoms with Crippen molar-refractivity contribution in [1.82, 2.24) is 23.9 Å². The lowest BCUT2D eigenvalue weighted by Crippen LogP contribution is -2.63. The molecule has 2 saturated heterocycles. The van der Waals surface area contributed by atoms with Gasteiger partial charge in [-0.25, -0.2) is 17.2 Å². The number of carbonyl (C=O) groups is 1. The van der Waals surface area contributed by atoms with Crippen LogP contribution in [0, 0.1) is 13.8 Å². The molecule has 0 aliphatic carbocycles. The summed E-state index contributed by atoms with van der Waals surface area (Å²) in [7, 11) is 0.144. The first-order valence-corrected chi connectivity index (χ1v) is 11.5. The molecule has 164 valence electrons. The summed E-state index contributed by atoms with van der Waals surface area (Å²) in [6, 6.07) is -1.29. The molecule has 2 aliphatic heterocycles. The highest BCUT2D eigenvalue weighted by molar-refractivity contribution is 7.88. The van der Waals surface area contributed by atoms with Crippen molar-refractivity contribution in [3.05, 3.63) is 17.0 Å². The third kappa shape index (κ3) is 4.46. The zero-order chi connectivity index (χ0) is 21.7. The van der Waals surface area contributed by atoms with E-state index in [9.17, 15) is 22.0 Å². The van der Waals surface area contributed by atoms with Crippen LogP contribution in [0.15, 0.2) is 0 Å². The summed E-state index contributed by atoms with van der Waals surface area (Å²) in [4.78, 5) is 15.9. The SMILES string of the molecule is Cc1nn(C)c(C)c1CCN(C)C(=O)[C@@H]1CC(F)(F)CN1C1CN(S(C)(=O)=O)C1. The fraction of sp³-hybridized carbons (Fsp3) is 0.778. The maximum Gasteiger partial charge on any atom is 0.262 e. The summed E-state index contributed by atoms with van der Waals surface area (Å²) >= 11 is 0. The fourth-order valence-corrected chi connectivity index (χ4v) is 5.06. The van der Waals surface area contributed by atoms with Gasteiger partial charge in [-0.05, 0) is 25.8 Å². The van der Waals surface area contributed by atoms with E-state index in [1.165, 1.54) is 14.1 Å². The van der Waals surface area contributed by atoms with Gasteiger partial charge < -0.3 is 4.90 Å². The summed E-state index contributed by atoms with van der Waals surface area (Å²) in [6.07, 6.45) is 1.17. The molecule has 0 N–H and O–H groups in total. The van der Waals surface area contributed by atoms with Crippen LogP contribution in [0.25, 0.3) is 0 Å². The van der Waals surface area contributed by atoms with E-state index >= 15 is 0 Å². The maximum atomic E-state index is 14.1. The first kappa shape index (κ1) is 22.1. The molecular weight excluding hydrogens is 404 g/mol. The Labute approximate surface area is 170 Å². The quantitative estimate of drug-likeness (QED) is 0.649. The molecule has 29 heavy (non-hydrogen) atoms. The van der Waals surface area contributed by atoms with Crippen LogP contribution in [0.1, 0.15) is 23.4 Å². The Hall–Kier alpha value is -1.59. The molecule has 1 atom stereocenters. The molecule has 3 rings (SSSR count). The summed E-state index contributed by atoms with van der Waals surface area (Å²) in [5, 5.41) is 4.36. The van der Waals surface area contributed by atoms with Crippen LogP contribution in [0.2, 0.25) is 0 Å². The summed E-state index contributed by atoms with van der Waals surface area (Å²) < 4.78 is 54.4. The van der Waals surface area contributed by atoms with E-state index in [0.29, 0.717) is 13.0 Å². The number of aromatic nitrogens is 2. The van der Waals surface area contributed by atoms with Crippen molar-refractivity contribution in [3.63, 3.8) is 0 Å². The van der Waals surface area contributed by atoms with Gasteiger partial charge in [0.05, 0.1) is 24.5 Å². The van der Waals surface area contributed by atoms with E-state index in [1.807, 2.05) is 20.9 Å². The van der Waals surface area contributed by atoms with Gasteiger partial charge in [-0.3, -0.25) is 14.4 Å². The molecule has 2 aliphatic rings. The lowest BCUT2D eigenvalue weighted by molar-refractivity contribution is -0.136. The van der Waals surface area contributed by atoms with Crippen LogP contribution in [0.3, 0.4) is 0 Å². The Morgan fingerprint density at radius 2 is 1.93 bits per heavy atom. The first-order chi connectivity index (χ1) is 13.3. The van der Waals surface area contributed by atoms with Gasteiger partial charge in [-0.15, -0.1) is 0 Å². The molecule has 3 heterocycles. The normalized spacial score (nSPS) is 23.3. The van der Waals surface area contributed by atoms with Crippen molar-refractivity contribution in [2.45, 2.75) is 44.7 Å². The number of likely N-dealkylation sites (tertiary alicyclic amines) is 1. The number of likely N-dealkylation sites (N-methyl/N-ethyl adjacent to an activating group) is 1. The van der Waals surface area contributed by atoms with Crippen LogP contribution in [0.4, 0.5) is 8.78 Å². The van der Waals surface area contributed by atoms with E-state index in [4.69, 9.17) is 0 Å². The van der Waals surface area contributed by atoms with E-state index in [2.05, 4.69) is 5.10 Å². The summed E-state index contributed by atoms with van der Waals surface area (Å²) in [5.74, 6) is -3.30. The van der Waals surface area contributed by atoms with Gasteiger partial charge in [0.2, 0.25) is 15.9 Å². The largest absolute Gasteiger partial charge is 0.344 e. The van der Waals surface area contributed by atoms with Crippen molar-refractivity contribution >= 4 is 15.9 Å². The Bertz CT molecular complexity index is 896. The van der Waals surface area contributed by atoms with Crippen molar-refractivity contribution in [2.75, 3.05) is 39.5 Å². The van der Waals surface area contributed by atoms with Gasteiger partial charge in [-0.1, -0.05) is 0 Å². The molecule has 0 spiro atoms. The van der Waals surface area contributed by atoms with Crippen LogP contribution >= 0.6 is 0 Å². The number of hydrogen-bond acceptors (Lipinski definition) is 5. The first-order valence-electron chi connectivity index (χ1n) is 9.63. The molecule has 0 saturated carbocycles. The van der Waals surface area contributed by atoms with Crippen LogP contribution < -0.4 is 0 Å². The van der Waals surface area contributed by atoms with Crippen LogP contribution in [0.5, 0.6) is 0 Å². The third-order valence-corrected chi connectivity index (χ3v) is 7.33. The molecule has 8 nitrogen and oxygen atoms in total. The van der Waals surface area contributed by atoms with Gasteiger partial charge >= 0.3 is 0 Å². The molecule has 1 aromatic heterocycles. The minimum absolute atomic E-state index is 0.149. The average Bonchev–Trinajstić information content (AvgIpc) is 2.98. The van der Waals surface area contributed by atoms with E-state index in [1.54, 1.807) is 11.7 Å². The van der Waals surface area contributed by atoms with Crippen molar-refractivity contribution in [3.8, 4) is 0 Å². The highest BCUT2D eigenvalue weighted by Crippen LogP contribution is 2.36. The van der Waals surface area contributed by atoms with Crippen LogP contribution in [-0.4, -0.2) is 95.7 Å². The smallest absolute Gasteiger partial charge is 0.262 e. The molecule has 1 amide bonds. The number of hydrogen-bond donors (Lipinski definition) is 0. The third-order valence-electron chi connectivity index (χ3n) is 6.09. The minimum Gasteiger partial charge on any atom is -0.344 e. The second-order valence-electron chi connectivity index (χ2n) is 8.26. The molecule has 0 aromatic carbocycles. The topological polar surface area (TPSA) is 78.8 Å². The molecule has 0 radical (unpaired) electrons. The highest BCUT2D eigenvalue weighted by atomic mass is 32.2. The Kier molecular flexibility index (Phi) is 5.78. The standard InChI is InChI=1S/C18H29F2N5O3S/c1-12-15(13(2)23(4)21-12)6-7-22(3)17(26)16-8-18(19,20)11-25(16)14-9-24(10-14)29(5,27)28/h14,16H,6-11H2,1-5H3/t16-/m0/s1. The molecule has 0 bridgehead atoms. The number of nitrogens with zero attached hydrogens (tertiary/aromatic N) is 5. The van der Waals surface area contributed by atoms with Gasteiger partial charge in [-0.2, -0.15) is 9.40 Å². The minimum atomic E-state index is -3.34. The molecule has 2 fully saturated rings. The molecular formula is C18H29F2N5O3S. The van der Waals surface area contributed by atoms with E-state index in [-0.39, 0.29) is 25.0 Å². The number of halogens is 2. The predicted octanol–water partition coefficient (Wildman–Crippen LogP) is 0.391. The number of carbonyl (C=O) groups excluding carboxylic acids is 1. The maximum absolute atomic E-state index is 14.1. The van der Waals surface area contributed by atoms with Crippen molar-refractivity contribution in [1.29, 1.82) is 0 Å². The van der Waals surface area contributed by atoms with Gasteiger partial charge in [0.15, 0.2) is 0 Å². The lowest BCUT2D eigenvalue weighted by Gasteiger charge is -2.44. The van der Waals surface area contributed by atoms with Crippen molar-refractivity contribution < 1.29 is 22.0 Å². The second kappa shape index (κ2) is 7.59. The Morgan fingerprint density at radius 1 is 1.31 bits per heavy atom. The molecule has 0 unspecified atom stereocenters. The molecule has 11 heteroatoms. The van der Waals surface area contributed by atoms with Gasteiger partial charge in [0.1, 0.15) is 0 Å². The zero-order valence-corrected chi connectivity index (χ0v) is 18.3. The number of sulfonamides is 1. The van der Waals surface area contributed by atoms with Crippen molar-refractivity contribution in [2.24, 2.45) is 7.05 Å². The number of aryl methyl sites for hydroxylation is 2. The van der Waals surface area contributed by atoms with E-state index in [0.717, 1.165) is 23.2 Å². The average molecular weight is 434 g/mol. The summed E-state index contributed by atoms with van der Waals surface area (Å²) in [6.45, 7) is 4.06. The van der Waals surface area contributed by atoms with Crippen LogP contribution in [-0.2, 0) is 28.3 Å². The number of rotatable bonds is 6. The second-order valence-corrected chi connectivity index (χ2v) is 10.2. The lowest BCUT2D eigenvalue weighted by atomic mass is 10.1. The summed E-state index contributed by atoms with van der Waals surface area (Å²) in [5.41, 5.74) is 2.98. The predicted molar refractivity (Wildman–Crippen MR) is 104 cm³/mol.